The predicted molar refractivity (Wildman–Crippen MR) is 131 cm³/mol. The SMILES string of the molecule is Cc1ccc(Oc2ccc(C3NC(=O)NC(c4ccccc4)=C3C(=O)OC(C)C)cc2)cc1C. The molecule has 0 fully saturated rings. The van der Waals surface area contributed by atoms with Gasteiger partial charge >= 0.3 is 12.0 Å². The summed E-state index contributed by atoms with van der Waals surface area (Å²) >= 11 is 0. The second-order valence-corrected chi connectivity index (χ2v) is 8.56. The maximum absolute atomic E-state index is 13.2. The molecule has 0 spiro atoms. The largest absolute Gasteiger partial charge is 0.459 e. The van der Waals surface area contributed by atoms with Gasteiger partial charge in [-0.25, -0.2) is 9.59 Å². The number of hydrogen-bond donors (Lipinski definition) is 2. The van der Waals surface area contributed by atoms with E-state index in [0.717, 1.165) is 22.4 Å². The van der Waals surface area contributed by atoms with Gasteiger partial charge in [0.05, 0.1) is 23.4 Å². The molecule has 6 nitrogen and oxygen atoms in total. The smallest absolute Gasteiger partial charge is 0.338 e. The Hall–Kier alpha value is -4.06. The average Bonchev–Trinajstić information content (AvgIpc) is 2.81. The van der Waals surface area contributed by atoms with E-state index in [1.54, 1.807) is 13.8 Å². The number of hydrogen-bond acceptors (Lipinski definition) is 4. The second kappa shape index (κ2) is 9.83. The van der Waals surface area contributed by atoms with Gasteiger partial charge in [-0.1, -0.05) is 48.5 Å². The topological polar surface area (TPSA) is 76.7 Å². The number of urea groups is 1. The number of benzene rings is 3. The molecule has 0 aromatic heterocycles. The molecule has 1 aliphatic heterocycles. The lowest BCUT2D eigenvalue weighted by Crippen LogP contribution is -2.45. The molecule has 1 heterocycles. The van der Waals surface area contributed by atoms with Crippen LogP contribution in [0.4, 0.5) is 4.79 Å². The third kappa shape index (κ3) is 5.12. The van der Waals surface area contributed by atoms with Gasteiger partial charge in [0.25, 0.3) is 0 Å². The molecule has 174 valence electrons. The number of nitrogens with one attached hydrogen (secondary N) is 2. The molecule has 0 bridgehead atoms. The summed E-state index contributed by atoms with van der Waals surface area (Å²) in [5, 5.41) is 5.66. The van der Waals surface area contributed by atoms with Gasteiger partial charge in [0.1, 0.15) is 11.5 Å². The number of rotatable bonds is 6. The quantitative estimate of drug-likeness (QED) is 0.459. The summed E-state index contributed by atoms with van der Waals surface area (Å²) in [4.78, 5) is 25.7. The first-order valence-corrected chi connectivity index (χ1v) is 11.2. The Morgan fingerprint density at radius 1 is 0.882 bits per heavy atom. The van der Waals surface area contributed by atoms with Crippen LogP contribution in [0.15, 0.2) is 78.4 Å². The van der Waals surface area contributed by atoms with Crippen molar-refractivity contribution in [3.8, 4) is 11.5 Å². The van der Waals surface area contributed by atoms with Crippen LogP contribution in [0.3, 0.4) is 0 Å². The molecule has 0 aliphatic carbocycles. The summed E-state index contributed by atoms with van der Waals surface area (Å²) in [6.07, 6.45) is -0.302. The van der Waals surface area contributed by atoms with Crippen molar-refractivity contribution >= 4 is 17.7 Å². The van der Waals surface area contributed by atoms with Crippen LogP contribution in [0.25, 0.3) is 5.70 Å². The Labute approximate surface area is 199 Å². The molecule has 4 rings (SSSR count). The fraction of sp³-hybridized carbons (Fsp3) is 0.214. The molecule has 34 heavy (non-hydrogen) atoms. The Morgan fingerprint density at radius 2 is 1.56 bits per heavy atom. The van der Waals surface area contributed by atoms with Crippen molar-refractivity contribution in [2.45, 2.75) is 39.8 Å². The Balaban J connectivity index is 1.69. The molecule has 0 radical (unpaired) electrons. The standard InChI is InChI=1S/C28H28N2O4/c1-17(2)33-27(31)24-25(20-8-6-5-7-9-20)29-28(32)30-26(24)21-11-14-22(15-12-21)34-23-13-10-18(3)19(4)16-23/h5-17,26H,1-4H3,(H2,29,30,32). The van der Waals surface area contributed by atoms with Crippen LogP contribution in [-0.4, -0.2) is 18.1 Å². The lowest BCUT2D eigenvalue weighted by Gasteiger charge is -2.30. The van der Waals surface area contributed by atoms with Crippen molar-refractivity contribution in [2.75, 3.05) is 0 Å². The zero-order valence-electron chi connectivity index (χ0n) is 19.7. The first-order chi connectivity index (χ1) is 16.3. The highest BCUT2D eigenvalue weighted by Gasteiger charge is 2.34. The van der Waals surface area contributed by atoms with Crippen LogP contribution in [0.5, 0.6) is 11.5 Å². The van der Waals surface area contributed by atoms with Crippen molar-refractivity contribution in [1.82, 2.24) is 10.6 Å². The highest BCUT2D eigenvalue weighted by Crippen LogP contribution is 2.33. The Kier molecular flexibility index (Phi) is 6.68. The zero-order chi connectivity index (χ0) is 24.2. The van der Waals surface area contributed by atoms with Crippen molar-refractivity contribution in [3.63, 3.8) is 0 Å². The molecular formula is C28H28N2O4. The van der Waals surface area contributed by atoms with Crippen molar-refractivity contribution < 1.29 is 19.1 Å². The number of carbonyl (C=O) groups is 2. The fourth-order valence-corrected chi connectivity index (χ4v) is 3.79. The van der Waals surface area contributed by atoms with Crippen molar-refractivity contribution in [1.29, 1.82) is 0 Å². The first kappa shape index (κ1) is 23.1. The number of carbonyl (C=O) groups excluding carboxylic acids is 2. The lowest BCUT2D eigenvalue weighted by molar-refractivity contribution is -0.143. The zero-order valence-corrected chi connectivity index (χ0v) is 19.7. The van der Waals surface area contributed by atoms with Crippen molar-refractivity contribution in [3.05, 3.63) is 101 Å². The number of esters is 1. The molecule has 2 amide bonds. The minimum atomic E-state index is -0.675. The number of ether oxygens (including phenoxy) is 2. The van der Waals surface area contributed by atoms with Gasteiger partial charge in [-0.2, -0.15) is 0 Å². The van der Waals surface area contributed by atoms with Crippen molar-refractivity contribution in [2.24, 2.45) is 0 Å². The molecule has 2 N–H and O–H groups in total. The third-order valence-corrected chi connectivity index (χ3v) is 5.62. The molecular weight excluding hydrogens is 428 g/mol. The fourth-order valence-electron chi connectivity index (χ4n) is 3.79. The maximum atomic E-state index is 13.2. The summed E-state index contributed by atoms with van der Waals surface area (Å²) in [7, 11) is 0. The van der Waals surface area contributed by atoms with E-state index in [1.165, 1.54) is 5.56 Å². The molecule has 3 aromatic carbocycles. The van der Waals surface area contributed by atoms with Crippen LogP contribution in [0.2, 0.25) is 0 Å². The van der Waals surface area contributed by atoms with E-state index in [4.69, 9.17) is 9.47 Å². The van der Waals surface area contributed by atoms with Gasteiger partial charge in [-0.15, -0.1) is 0 Å². The van der Waals surface area contributed by atoms with Crippen LogP contribution < -0.4 is 15.4 Å². The average molecular weight is 457 g/mol. The van der Waals surface area contributed by atoms with Gasteiger partial charge in [0, 0.05) is 0 Å². The third-order valence-electron chi connectivity index (χ3n) is 5.62. The van der Waals surface area contributed by atoms with E-state index in [1.807, 2.05) is 79.7 Å². The van der Waals surface area contributed by atoms with Gasteiger partial charge in [0.2, 0.25) is 0 Å². The Bertz CT molecular complexity index is 1230. The van der Waals surface area contributed by atoms with E-state index in [0.29, 0.717) is 17.0 Å². The molecule has 0 saturated carbocycles. The van der Waals surface area contributed by atoms with Gasteiger partial charge in [-0.3, -0.25) is 0 Å². The molecule has 3 aromatic rings. The maximum Gasteiger partial charge on any atom is 0.338 e. The molecule has 1 unspecified atom stereocenters. The summed E-state index contributed by atoms with van der Waals surface area (Å²) in [5.41, 5.74) is 4.61. The molecule has 6 heteroatoms. The van der Waals surface area contributed by atoms with Gasteiger partial charge < -0.3 is 20.1 Å². The summed E-state index contributed by atoms with van der Waals surface area (Å²) in [6.45, 7) is 7.69. The predicted octanol–water partition coefficient (Wildman–Crippen LogP) is 5.81. The molecule has 1 atom stereocenters. The van der Waals surface area contributed by atoms with Crippen LogP contribution in [0.1, 0.15) is 42.1 Å². The summed E-state index contributed by atoms with van der Waals surface area (Å²) < 4.78 is 11.5. The number of amides is 2. The minimum absolute atomic E-state index is 0.302. The van der Waals surface area contributed by atoms with Gasteiger partial charge in [0.15, 0.2) is 0 Å². The molecule has 1 aliphatic rings. The van der Waals surface area contributed by atoms with Crippen LogP contribution in [-0.2, 0) is 9.53 Å². The van der Waals surface area contributed by atoms with E-state index in [9.17, 15) is 9.59 Å². The van der Waals surface area contributed by atoms with Crippen LogP contribution in [0, 0.1) is 13.8 Å². The minimum Gasteiger partial charge on any atom is -0.459 e. The summed E-state index contributed by atoms with van der Waals surface area (Å²) in [6, 6.07) is 21.5. The normalized spacial score (nSPS) is 15.6. The lowest BCUT2D eigenvalue weighted by atomic mass is 9.92. The van der Waals surface area contributed by atoms with E-state index in [2.05, 4.69) is 17.6 Å². The Morgan fingerprint density at radius 3 is 2.21 bits per heavy atom. The highest BCUT2D eigenvalue weighted by molar-refractivity contribution is 6.04. The van der Waals surface area contributed by atoms with E-state index >= 15 is 0 Å². The number of aryl methyl sites for hydroxylation is 2. The summed E-state index contributed by atoms with van der Waals surface area (Å²) in [5.74, 6) is 0.922. The van der Waals surface area contributed by atoms with Crippen LogP contribution >= 0.6 is 0 Å². The monoisotopic (exact) mass is 456 g/mol. The first-order valence-electron chi connectivity index (χ1n) is 11.2. The molecule has 0 saturated heterocycles. The van der Waals surface area contributed by atoms with E-state index < -0.39 is 12.0 Å². The van der Waals surface area contributed by atoms with E-state index in [-0.39, 0.29) is 12.1 Å². The second-order valence-electron chi connectivity index (χ2n) is 8.56. The van der Waals surface area contributed by atoms with Gasteiger partial charge in [-0.05, 0) is 74.2 Å². The highest BCUT2D eigenvalue weighted by atomic mass is 16.5.